The Kier molecular flexibility index (Phi) is 5.85. The first-order valence-corrected chi connectivity index (χ1v) is 11.1. The van der Waals surface area contributed by atoms with Crippen molar-refractivity contribution in [2.45, 2.75) is 26.1 Å². The lowest BCUT2D eigenvalue weighted by atomic mass is 10.1. The van der Waals surface area contributed by atoms with E-state index in [9.17, 15) is 9.59 Å². The second-order valence-corrected chi connectivity index (χ2v) is 8.39. The van der Waals surface area contributed by atoms with Crippen molar-refractivity contribution in [2.75, 3.05) is 6.54 Å². The van der Waals surface area contributed by atoms with E-state index in [4.69, 9.17) is 0 Å². The third-order valence-corrected chi connectivity index (χ3v) is 6.03. The van der Waals surface area contributed by atoms with Gasteiger partial charge < -0.3 is 14.8 Å². The molecule has 0 saturated carbocycles. The van der Waals surface area contributed by atoms with E-state index in [1.54, 1.807) is 11.1 Å². The number of carbonyl (C=O) groups is 2. The number of benzene rings is 2. The highest BCUT2D eigenvalue weighted by Crippen LogP contribution is 2.20. The summed E-state index contributed by atoms with van der Waals surface area (Å²) in [6.45, 7) is 2.05. The van der Waals surface area contributed by atoms with E-state index in [2.05, 4.69) is 38.1 Å². The number of hydrogen-bond acceptors (Lipinski definition) is 4. The van der Waals surface area contributed by atoms with Crippen molar-refractivity contribution in [1.29, 1.82) is 0 Å². The van der Waals surface area contributed by atoms with E-state index in [0.29, 0.717) is 19.6 Å². The molecule has 33 heavy (non-hydrogen) atoms. The second-order valence-electron chi connectivity index (χ2n) is 8.39. The molecule has 1 saturated heterocycles. The Morgan fingerprint density at radius 3 is 2.55 bits per heavy atom. The molecule has 1 N–H and O–H groups in total. The Bertz CT molecular complexity index is 1270. The van der Waals surface area contributed by atoms with Gasteiger partial charge in [-0.1, -0.05) is 42.5 Å². The van der Waals surface area contributed by atoms with Crippen molar-refractivity contribution >= 4 is 22.8 Å². The summed E-state index contributed by atoms with van der Waals surface area (Å²) >= 11 is 0. The first kappa shape index (κ1) is 20.9. The summed E-state index contributed by atoms with van der Waals surface area (Å²) < 4.78 is 2.12. The molecule has 0 aliphatic carbocycles. The third-order valence-electron chi connectivity index (χ3n) is 6.03. The standard InChI is InChI=1S/C26H25N5O2/c32-25-13-21(16-30(25)17-22-5-3-4-12-27-22)26(33)28-14-19-8-10-20(11-9-19)15-31-18-29-23-6-1-2-7-24(23)31/h1-12,18,21H,13-17H2,(H,28,33). The van der Waals surface area contributed by atoms with Crippen LogP contribution >= 0.6 is 0 Å². The molecule has 0 spiro atoms. The summed E-state index contributed by atoms with van der Waals surface area (Å²) in [6.07, 6.45) is 3.82. The van der Waals surface area contributed by atoms with E-state index in [-0.39, 0.29) is 24.2 Å². The molecule has 0 radical (unpaired) electrons. The average molecular weight is 440 g/mol. The smallest absolute Gasteiger partial charge is 0.225 e. The maximum absolute atomic E-state index is 12.6. The lowest BCUT2D eigenvalue weighted by Gasteiger charge is -2.16. The Labute approximate surface area is 192 Å². The normalized spacial score (nSPS) is 15.8. The molecule has 2 aromatic heterocycles. The number of para-hydroxylation sites is 2. The van der Waals surface area contributed by atoms with Crippen LogP contribution in [0.25, 0.3) is 11.0 Å². The van der Waals surface area contributed by atoms with Gasteiger partial charge in [0.05, 0.1) is 35.5 Å². The molecule has 2 amide bonds. The van der Waals surface area contributed by atoms with Gasteiger partial charge in [-0.25, -0.2) is 4.98 Å². The number of amides is 2. The highest BCUT2D eigenvalue weighted by atomic mass is 16.2. The summed E-state index contributed by atoms with van der Waals surface area (Å²) in [5.41, 5.74) is 5.12. The van der Waals surface area contributed by atoms with Gasteiger partial charge in [0.1, 0.15) is 0 Å². The van der Waals surface area contributed by atoms with Crippen molar-refractivity contribution in [1.82, 2.24) is 24.8 Å². The molecule has 4 aromatic rings. The predicted molar refractivity (Wildman–Crippen MR) is 125 cm³/mol. The molecule has 1 atom stereocenters. The molecule has 7 heteroatoms. The van der Waals surface area contributed by atoms with Crippen LogP contribution in [0.5, 0.6) is 0 Å². The largest absolute Gasteiger partial charge is 0.352 e. The van der Waals surface area contributed by atoms with Crippen LogP contribution in [-0.4, -0.2) is 37.8 Å². The van der Waals surface area contributed by atoms with Crippen molar-refractivity contribution < 1.29 is 9.59 Å². The van der Waals surface area contributed by atoms with Crippen LogP contribution in [0.1, 0.15) is 23.2 Å². The fourth-order valence-electron chi connectivity index (χ4n) is 4.22. The molecule has 166 valence electrons. The molecule has 7 nitrogen and oxygen atoms in total. The number of carbonyl (C=O) groups excluding carboxylic acids is 2. The van der Waals surface area contributed by atoms with Crippen LogP contribution in [0.3, 0.4) is 0 Å². The molecule has 1 aliphatic rings. The van der Waals surface area contributed by atoms with Gasteiger partial charge in [0.15, 0.2) is 0 Å². The highest BCUT2D eigenvalue weighted by molar-refractivity contribution is 5.89. The molecule has 5 rings (SSSR count). The number of pyridine rings is 1. The molecule has 3 heterocycles. The summed E-state index contributed by atoms with van der Waals surface area (Å²) in [5.74, 6) is -0.409. The van der Waals surface area contributed by atoms with Crippen molar-refractivity contribution in [3.05, 3.63) is 96.1 Å². The summed E-state index contributed by atoms with van der Waals surface area (Å²) in [6, 6.07) is 21.9. The Hall–Kier alpha value is -4.00. The van der Waals surface area contributed by atoms with Crippen LogP contribution in [0, 0.1) is 5.92 Å². The quantitative estimate of drug-likeness (QED) is 0.480. The lowest BCUT2D eigenvalue weighted by Crippen LogP contribution is -2.32. The number of fused-ring (bicyclic) bond motifs is 1. The predicted octanol–water partition coefficient (Wildman–Crippen LogP) is 3.14. The molecule has 2 aromatic carbocycles. The number of imidazole rings is 1. The SMILES string of the molecule is O=C(NCc1ccc(Cn2cnc3ccccc32)cc1)C1CC(=O)N(Cc2ccccn2)C1. The Balaban J connectivity index is 1.14. The van der Waals surface area contributed by atoms with Gasteiger partial charge in [-0.05, 0) is 35.4 Å². The van der Waals surface area contributed by atoms with Gasteiger partial charge in [-0.15, -0.1) is 0 Å². The van der Waals surface area contributed by atoms with Gasteiger partial charge in [0, 0.05) is 32.3 Å². The van der Waals surface area contributed by atoms with Crippen molar-refractivity contribution in [3.63, 3.8) is 0 Å². The van der Waals surface area contributed by atoms with Crippen LogP contribution in [0.2, 0.25) is 0 Å². The molecule has 1 fully saturated rings. The Morgan fingerprint density at radius 1 is 0.939 bits per heavy atom. The minimum atomic E-state index is -0.324. The van der Waals surface area contributed by atoms with Gasteiger partial charge >= 0.3 is 0 Å². The zero-order chi connectivity index (χ0) is 22.6. The monoisotopic (exact) mass is 439 g/mol. The van der Waals surface area contributed by atoms with Crippen LogP contribution in [-0.2, 0) is 29.2 Å². The highest BCUT2D eigenvalue weighted by Gasteiger charge is 2.34. The fourth-order valence-corrected chi connectivity index (χ4v) is 4.22. The van der Waals surface area contributed by atoms with Crippen molar-refractivity contribution in [2.24, 2.45) is 5.92 Å². The Morgan fingerprint density at radius 2 is 1.73 bits per heavy atom. The number of hydrogen-bond donors (Lipinski definition) is 1. The minimum Gasteiger partial charge on any atom is -0.352 e. The van der Waals surface area contributed by atoms with Gasteiger partial charge in [-0.2, -0.15) is 0 Å². The van der Waals surface area contributed by atoms with E-state index < -0.39 is 0 Å². The number of nitrogens with zero attached hydrogens (tertiary/aromatic N) is 4. The third kappa shape index (κ3) is 4.77. The maximum atomic E-state index is 12.6. The maximum Gasteiger partial charge on any atom is 0.225 e. The van der Waals surface area contributed by atoms with Crippen LogP contribution in [0.4, 0.5) is 0 Å². The van der Waals surface area contributed by atoms with Gasteiger partial charge in [0.2, 0.25) is 11.8 Å². The second kappa shape index (κ2) is 9.24. The summed E-state index contributed by atoms with van der Waals surface area (Å²) in [4.78, 5) is 35.4. The fraction of sp³-hybridized carbons (Fsp3) is 0.231. The first-order valence-electron chi connectivity index (χ1n) is 11.1. The molecular weight excluding hydrogens is 414 g/mol. The first-order chi connectivity index (χ1) is 16.2. The topological polar surface area (TPSA) is 80.1 Å². The van der Waals surface area contributed by atoms with Crippen molar-refractivity contribution in [3.8, 4) is 0 Å². The number of nitrogens with one attached hydrogen (secondary N) is 1. The zero-order valence-corrected chi connectivity index (χ0v) is 18.2. The van der Waals surface area contributed by atoms with E-state index in [1.165, 1.54) is 5.56 Å². The molecule has 0 bridgehead atoms. The molecule has 1 unspecified atom stereocenters. The summed E-state index contributed by atoms with van der Waals surface area (Å²) in [5, 5.41) is 2.99. The van der Waals surface area contributed by atoms with E-state index in [1.807, 2.05) is 54.9 Å². The van der Waals surface area contributed by atoms with E-state index in [0.717, 1.165) is 28.8 Å². The molecular formula is C26H25N5O2. The van der Waals surface area contributed by atoms with Gasteiger partial charge in [-0.3, -0.25) is 14.6 Å². The number of aromatic nitrogens is 3. The number of rotatable bonds is 7. The van der Waals surface area contributed by atoms with Crippen LogP contribution < -0.4 is 5.32 Å². The number of likely N-dealkylation sites (tertiary alicyclic amines) is 1. The average Bonchev–Trinajstić information content (AvgIpc) is 3.42. The summed E-state index contributed by atoms with van der Waals surface area (Å²) in [7, 11) is 0. The van der Waals surface area contributed by atoms with E-state index >= 15 is 0 Å². The van der Waals surface area contributed by atoms with Crippen LogP contribution in [0.15, 0.2) is 79.3 Å². The zero-order valence-electron chi connectivity index (χ0n) is 18.2. The molecule has 1 aliphatic heterocycles. The minimum absolute atomic E-state index is 0.00261. The van der Waals surface area contributed by atoms with Gasteiger partial charge in [0.25, 0.3) is 0 Å². The lowest BCUT2D eigenvalue weighted by molar-refractivity contribution is -0.129.